The highest BCUT2D eigenvalue weighted by Crippen LogP contribution is 2.15. The van der Waals surface area contributed by atoms with Gasteiger partial charge in [0.25, 0.3) is 0 Å². The number of aliphatic imine (C=N–C) groups is 1. The summed E-state index contributed by atoms with van der Waals surface area (Å²) in [5, 5.41) is 6.33. The third kappa shape index (κ3) is 4.74. The number of carbonyl (C=O) groups is 1. The number of aryl methyl sites for hydroxylation is 1. The number of benzene rings is 1. The van der Waals surface area contributed by atoms with E-state index in [9.17, 15) is 4.79 Å². The molecule has 1 aliphatic heterocycles. The van der Waals surface area contributed by atoms with Crippen molar-refractivity contribution in [2.75, 3.05) is 20.1 Å². The largest absolute Gasteiger partial charge is 0.444 e. The number of fused-ring (bicyclic) bond motifs is 1. The Bertz CT molecular complexity index is 867. The number of ether oxygens (including phenoxy) is 1. The van der Waals surface area contributed by atoms with E-state index in [0.717, 1.165) is 35.8 Å². The minimum absolute atomic E-state index is 0.0455. The highest BCUT2D eigenvalue weighted by Gasteiger charge is 2.28. The van der Waals surface area contributed by atoms with Crippen LogP contribution in [-0.4, -0.2) is 58.3 Å². The molecule has 1 aromatic heterocycles. The number of nitrogens with one attached hydrogen (secondary N) is 2. The van der Waals surface area contributed by atoms with Gasteiger partial charge in [0.1, 0.15) is 11.4 Å². The maximum Gasteiger partial charge on any atom is 0.407 e. The fourth-order valence-corrected chi connectivity index (χ4v) is 3.39. The first-order chi connectivity index (χ1) is 13.3. The van der Waals surface area contributed by atoms with E-state index in [1.54, 1.807) is 7.05 Å². The Balaban J connectivity index is 1.56. The van der Waals surface area contributed by atoms with Gasteiger partial charge in [-0.15, -0.1) is 0 Å². The van der Waals surface area contributed by atoms with E-state index in [1.165, 1.54) is 0 Å². The number of nitrogens with zero attached hydrogens (tertiary/aromatic N) is 4. The monoisotopic (exact) mass is 386 g/mol. The third-order valence-electron chi connectivity index (χ3n) is 4.70. The molecule has 2 aromatic rings. The zero-order chi connectivity index (χ0) is 20.3. The molecule has 1 amide bonds. The second-order valence-electron chi connectivity index (χ2n) is 8.05. The van der Waals surface area contributed by atoms with Crippen molar-refractivity contribution in [3.8, 4) is 0 Å². The molecule has 28 heavy (non-hydrogen) atoms. The highest BCUT2D eigenvalue weighted by molar-refractivity contribution is 5.80. The summed E-state index contributed by atoms with van der Waals surface area (Å²) < 4.78 is 7.43. The van der Waals surface area contributed by atoms with Crippen molar-refractivity contribution in [3.63, 3.8) is 0 Å². The average molecular weight is 387 g/mol. The van der Waals surface area contributed by atoms with Gasteiger partial charge in [-0.2, -0.15) is 0 Å². The average Bonchev–Trinajstić information content (AvgIpc) is 3.19. The van der Waals surface area contributed by atoms with E-state index in [0.29, 0.717) is 13.1 Å². The van der Waals surface area contributed by atoms with Crippen molar-refractivity contribution in [1.82, 2.24) is 25.1 Å². The number of amides is 1. The van der Waals surface area contributed by atoms with E-state index < -0.39 is 5.60 Å². The molecule has 8 nitrogen and oxygen atoms in total. The Morgan fingerprint density at radius 2 is 2.11 bits per heavy atom. The molecular formula is C20H30N6O2. The van der Waals surface area contributed by atoms with Crippen LogP contribution in [0.4, 0.5) is 4.79 Å². The number of likely N-dealkylation sites (tertiary alicyclic amines) is 1. The van der Waals surface area contributed by atoms with Crippen molar-refractivity contribution in [3.05, 3.63) is 30.1 Å². The molecule has 1 saturated heterocycles. The number of rotatable bonds is 3. The predicted octanol–water partition coefficient (Wildman–Crippen LogP) is 2.25. The first-order valence-corrected chi connectivity index (χ1v) is 9.62. The van der Waals surface area contributed by atoms with Crippen molar-refractivity contribution in [2.24, 2.45) is 12.0 Å². The van der Waals surface area contributed by atoms with Gasteiger partial charge in [-0.25, -0.2) is 9.78 Å². The van der Waals surface area contributed by atoms with Gasteiger partial charge in [0.2, 0.25) is 0 Å². The van der Waals surface area contributed by atoms with Crippen LogP contribution in [0.3, 0.4) is 0 Å². The van der Waals surface area contributed by atoms with Gasteiger partial charge >= 0.3 is 6.09 Å². The molecule has 152 valence electrons. The summed E-state index contributed by atoms with van der Waals surface area (Å²) in [5.41, 5.74) is 1.60. The summed E-state index contributed by atoms with van der Waals surface area (Å²) in [4.78, 5) is 23.2. The fraction of sp³-hybridized carbons (Fsp3) is 0.550. The van der Waals surface area contributed by atoms with Crippen LogP contribution in [0.25, 0.3) is 11.0 Å². The predicted molar refractivity (Wildman–Crippen MR) is 110 cm³/mol. The smallest absolute Gasteiger partial charge is 0.407 e. The fourth-order valence-electron chi connectivity index (χ4n) is 3.39. The number of carbonyl (C=O) groups excluding carboxylic acids is 1. The molecule has 0 saturated carbocycles. The molecular weight excluding hydrogens is 356 g/mol. The molecule has 8 heteroatoms. The van der Waals surface area contributed by atoms with Crippen molar-refractivity contribution in [2.45, 2.75) is 45.4 Å². The van der Waals surface area contributed by atoms with E-state index in [1.807, 2.05) is 46.0 Å². The number of imidazole rings is 1. The van der Waals surface area contributed by atoms with Crippen LogP contribution in [0.15, 0.2) is 29.3 Å². The molecule has 0 aliphatic carbocycles. The van der Waals surface area contributed by atoms with Crippen LogP contribution in [0.1, 0.15) is 33.0 Å². The Hall–Kier alpha value is -2.77. The number of para-hydroxylation sites is 2. The van der Waals surface area contributed by atoms with Gasteiger partial charge in [0.05, 0.1) is 23.6 Å². The van der Waals surface area contributed by atoms with E-state index in [-0.39, 0.29) is 12.1 Å². The number of aromatic nitrogens is 2. The Kier molecular flexibility index (Phi) is 5.76. The normalized spacial score (nSPS) is 17.8. The van der Waals surface area contributed by atoms with Crippen LogP contribution in [0, 0.1) is 0 Å². The number of hydrogen-bond donors (Lipinski definition) is 2. The minimum Gasteiger partial charge on any atom is -0.444 e. The summed E-state index contributed by atoms with van der Waals surface area (Å²) >= 11 is 0. The maximum atomic E-state index is 12.0. The van der Waals surface area contributed by atoms with Gasteiger partial charge < -0.3 is 24.8 Å². The first-order valence-electron chi connectivity index (χ1n) is 9.62. The van der Waals surface area contributed by atoms with E-state index >= 15 is 0 Å². The lowest BCUT2D eigenvalue weighted by Crippen LogP contribution is -2.44. The van der Waals surface area contributed by atoms with Gasteiger partial charge in [-0.1, -0.05) is 12.1 Å². The number of guanidine groups is 1. The molecule has 1 aliphatic rings. The molecule has 3 rings (SSSR count). The van der Waals surface area contributed by atoms with Crippen LogP contribution >= 0.6 is 0 Å². The molecule has 1 aromatic carbocycles. The molecule has 2 heterocycles. The van der Waals surface area contributed by atoms with Crippen LogP contribution in [0.5, 0.6) is 0 Å². The van der Waals surface area contributed by atoms with Gasteiger partial charge in [0, 0.05) is 27.2 Å². The molecule has 0 spiro atoms. The number of hydrogen-bond acceptors (Lipinski definition) is 4. The minimum atomic E-state index is -0.494. The van der Waals surface area contributed by atoms with Gasteiger partial charge in [-0.3, -0.25) is 4.99 Å². The molecule has 0 bridgehead atoms. The highest BCUT2D eigenvalue weighted by atomic mass is 16.6. The molecule has 1 atom stereocenters. The lowest BCUT2D eigenvalue weighted by molar-refractivity contribution is 0.0507. The topological polar surface area (TPSA) is 83.8 Å². The standard InChI is InChI=1S/C20H30N6O2/c1-20(2,3)28-19(27)23-14-10-11-26(13-14)18(21-4)22-12-17-24-15-8-6-7-9-16(15)25(17)5/h6-9,14H,10-13H2,1-5H3,(H,21,22)(H,23,27). The number of alkyl carbamates (subject to hydrolysis) is 1. The quantitative estimate of drug-likeness (QED) is 0.624. The zero-order valence-electron chi connectivity index (χ0n) is 17.3. The summed E-state index contributed by atoms with van der Waals surface area (Å²) in [6.45, 7) is 7.68. The Morgan fingerprint density at radius 1 is 1.36 bits per heavy atom. The lowest BCUT2D eigenvalue weighted by Gasteiger charge is -2.23. The second kappa shape index (κ2) is 8.08. The van der Waals surface area contributed by atoms with Crippen LogP contribution in [0.2, 0.25) is 0 Å². The Labute approximate surface area is 166 Å². The van der Waals surface area contributed by atoms with E-state index in [2.05, 4.69) is 36.1 Å². The second-order valence-corrected chi connectivity index (χ2v) is 8.05. The Morgan fingerprint density at radius 3 is 2.79 bits per heavy atom. The van der Waals surface area contributed by atoms with Gasteiger partial charge in [0.15, 0.2) is 5.96 Å². The van der Waals surface area contributed by atoms with E-state index in [4.69, 9.17) is 4.74 Å². The van der Waals surface area contributed by atoms with Gasteiger partial charge in [-0.05, 0) is 39.3 Å². The summed E-state index contributed by atoms with van der Waals surface area (Å²) in [7, 11) is 3.79. The van der Waals surface area contributed by atoms with Crippen molar-refractivity contribution in [1.29, 1.82) is 0 Å². The van der Waals surface area contributed by atoms with Crippen LogP contribution in [-0.2, 0) is 18.3 Å². The lowest BCUT2D eigenvalue weighted by atomic mass is 10.2. The molecule has 1 unspecified atom stereocenters. The van der Waals surface area contributed by atoms with Crippen molar-refractivity contribution >= 4 is 23.1 Å². The summed E-state index contributed by atoms with van der Waals surface area (Å²) in [6, 6.07) is 8.13. The molecule has 1 fully saturated rings. The first kappa shape index (κ1) is 20.0. The molecule has 0 radical (unpaired) electrons. The zero-order valence-corrected chi connectivity index (χ0v) is 17.3. The maximum absolute atomic E-state index is 12.0. The summed E-state index contributed by atoms with van der Waals surface area (Å²) in [5.74, 6) is 1.76. The van der Waals surface area contributed by atoms with Crippen LogP contribution < -0.4 is 10.6 Å². The third-order valence-corrected chi connectivity index (χ3v) is 4.70. The SMILES string of the molecule is CN=C(NCc1nc2ccccc2n1C)N1CCC(NC(=O)OC(C)(C)C)C1. The van der Waals surface area contributed by atoms with Crippen molar-refractivity contribution < 1.29 is 9.53 Å². The summed E-state index contributed by atoms with van der Waals surface area (Å²) in [6.07, 6.45) is 0.480. The molecule has 2 N–H and O–H groups in total.